The van der Waals surface area contributed by atoms with E-state index in [1.165, 1.54) is 7.11 Å². The average Bonchev–Trinajstić information content (AvgIpc) is 2.72. The summed E-state index contributed by atoms with van der Waals surface area (Å²) in [5.41, 5.74) is 0. The van der Waals surface area contributed by atoms with Crippen molar-refractivity contribution in [2.45, 2.75) is 12.5 Å². The standard InChI is InChI=1S/C10H19ClN2O3/c1-15-10(14)12-9-2-4-13(8-9)5-7-16-6-3-11/h9H,2-8H2,1H3,(H,12,14). The van der Waals surface area contributed by atoms with E-state index in [0.29, 0.717) is 19.1 Å². The molecule has 94 valence electrons. The second-order valence-electron chi connectivity index (χ2n) is 3.72. The number of carbonyl (C=O) groups excluding carboxylic acids is 1. The fourth-order valence-electron chi connectivity index (χ4n) is 1.73. The van der Waals surface area contributed by atoms with Crippen molar-refractivity contribution < 1.29 is 14.3 Å². The molecule has 1 saturated heterocycles. The van der Waals surface area contributed by atoms with Gasteiger partial charge in [0.25, 0.3) is 0 Å². The zero-order valence-electron chi connectivity index (χ0n) is 9.58. The van der Waals surface area contributed by atoms with E-state index in [1.807, 2.05) is 0 Å². The van der Waals surface area contributed by atoms with Gasteiger partial charge in [0.1, 0.15) is 0 Å². The minimum atomic E-state index is -0.356. The zero-order chi connectivity index (χ0) is 11.8. The maximum absolute atomic E-state index is 11.0. The lowest BCUT2D eigenvalue weighted by Crippen LogP contribution is -2.37. The summed E-state index contributed by atoms with van der Waals surface area (Å²) in [4.78, 5) is 13.2. The molecule has 0 radical (unpaired) electrons. The number of nitrogens with one attached hydrogen (secondary N) is 1. The van der Waals surface area contributed by atoms with Crippen molar-refractivity contribution >= 4 is 17.7 Å². The van der Waals surface area contributed by atoms with Gasteiger partial charge in [-0.1, -0.05) is 0 Å². The summed E-state index contributed by atoms with van der Waals surface area (Å²) in [5.74, 6) is 0.534. The number of hydrogen-bond donors (Lipinski definition) is 1. The minimum absolute atomic E-state index is 0.195. The summed E-state index contributed by atoms with van der Waals surface area (Å²) in [6.45, 7) is 4.02. The fraction of sp³-hybridized carbons (Fsp3) is 0.900. The van der Waals surface area contributed by atoms with Crippen LogP contribution in [-0.4, -0.2) is 62.9 Å². The lowest BCUT2D eigenvalue weighted by atomic mass is 10.3. The number of carbonyl (C=O) groups is 1. The lowest BCUT2D eigenvalue weighted by Gasteiger charge is -2.16. The van der Waals surface area contributed by atoms with E-state index >= 15 is 0 Å². The molecule has 0 saturated carbocycles. The number of amides is 1. The van der Waals surface area contributed by atoms with Gasteiger partial charge in [0.15, 0.2) is 0 Å². The maximum Gasteiger partial charge on any atom is 0.407 e. The van der Waals surface area contributed by atoms with E-state index in [9.17, 15) is 4.79 Å². The lowest BCUT2D eigenvalue weighted by molar-refractivity contribution is 0.122. The molecular formula is C10H19ClN2O3. The molecule has 1 N–H and O–H groups in total. The van der Waals surface area contributed by atoms with Crippen molar-refractivity contribution in [3.8, 4) is 0 Å². The van der Waals surface area contributed by atoms with Gasteiger partial charge in [-0.3, -0.25) is 4.90 Å². The minimum Gasteiger partial charge on any atom is -0.453 e. The van der Waals surface area contributed by atoms with Crippen molar-refractivity contribution in [2.75, 3.05) is 45.8 Å². The molecule has 0 aromatic rings. The summed E-state index contributed by atoms with van der Waals surface area (Å²) in [5, 5.41) is 2.80. The first kappa shape index (κ1) is 13.5. The predicted octanol–water partition coefficient (Wildman–Crippen LogP) is 0.672. The number of hydrogen-bond acceptors (Lipinski definition) is 4. The van der Waals surface area contributed by atoms with E-state index in [0.717, 1.165) is 26.1 Å². The number of halogens is 1. The van der Waals surface area contributed by atoms with Crippen LogP contribution in [0.4, 0.5) is 4.79 Å². The van der Waals surface area contributed by atoms with Gasteiger partial charge in [-0.05, 0) is 6.42 Å². The normalized spacial score (nSPS) is 21.0. The Kier molecular flexibility index (Phi) is 6.52. The molecule has 1 rings (SSSR count). The van der Waals surface area contributed by atoms with Gasteiger partial charge in [-0.15, -0.1) is 11.6 Å². The van der Waals surface area contributed by atoms with E-state index in [-0.39, 0.29) is 12.1 Å². The largest absolute Gasteiger partial charge is 0.453 e. The number of alkyl halides is 1. The highest BCUT2D eigenvalue weighted by molar-refractivity contribution is 6.17. The Balaban J connectivity index is 2.07. The van der Waals surface area contributed by atoms with E-state index < -0.39 is 0 Å². The molecule has 16 heavy (non-hydrogen) atoms. The van der Waals surface area contributed by atoms with Crippen LogP contribution in [0, 0.1) is 0 Å². The summed E-state index contributed by atoms with van der Waals surface area (Å²) in [6.07, 6.45) is 0.607. The van der Waals surface area contributed by atoms with Crippen LogP contribution in [0.1, 0.15) is 6.42 Å². The number of nitrogens with zero attached hydrogens (tertiary/aromatic N) is 1. The summed E-state index contributed by atoms with van der Waals surface area (Å²) < 4.78 is 9.85. The van der Waals surface area contributed by atoms with Crippen molar-refractivity contribution in [1.82, 2.24) is 10.2 Å². The first-order valence-corrected chi connectivity index (χ1v) is 6.00. The Labute approximate surface area is 101 Å². The smallest absolute Gasteiger partial charge is 0.407 e. The molecule has 1 atom stereocenters. The quantitative estimate of drug-likeness (QED) is 0.556. The Morgan fingerprint density at radius 1 is 1.56 bits per heavy atom. The maximum atomic E-state index is 11.0. The molecule has 0 aromatic heterocycles. The van der Waals surface area contributed by atoms with Crippen LogP contribution in [0.25, 0.3) is 0 Å². The fourth-order valence-corrected chi connectivity index (χ4v) is 1.84. The van der Waals surface area contributed by atoms with Gasteiger partial charge in [0.2, 0.25) is 0 Å². The molecule has 1 heterocycles. The number of likely N-dealkylation sites (tertiary alicyclic amines) is 1. The molecule has 0 spiro atoms. The highest BCUT2D eigenvalue weighted by Crippen LogP contribution is 2.08. The van der Waals surface area contributed by atoms with Crippen molar-refractivity contribution in [3.05, 3.63) is 0 Å². The number of alkyl carbamates (subject to hydrolysis) is 1. The van der Waals surface area contributed by atoms with Crippen LogP contribution in [0.3, 0.4) is 0 Å². The molecule has 0 bridgehead atoms. The third kappa shape index (κ3) is 5.01. The molecule has 1 fully saturated rings. The van der Waals surface area contributed by atoms with Crippen molar-refractivity contribution in [2.24, 2.45) is 0 Å². The van der Waals surface area contributed by atoms with Gasteiger partial charge < -0.3 is 14.8 Å². The van der Waals surface area contributed by atoms with Crippen LogP contribution in [0.2, 0.25) is 0 Å². The molecule has 5 nitrogen and oxygen atoms in total. The average molecular weight is 251 g/mol. The molecule has 1 unspecified atom stereocenters. The highest BCUT2D eigenvalue weighted by atomic mass is 35.5. The van der Waals surface area contributed by atoms with E-state index in [1.54, 1.807) is 0 Å². The SMILES string of the molecule is COC(=O)NC1CCN(CCOCCCl)C1. The number of rotatable bonds is 6. The molecule has 0 aromatic carbocycles. The van der Waals surface area contributed by atoms with E-state index in [4.69, 9.17) is 16.3 Å². The van der Waals surface area contributed by atoms with Crippen LogP contribution in [-0.2, 0) is 9.47 Å². The monoisotopic (exact) mass is 250 g/mol. The Bertz CT molecular complexity index is 216. The molecular weight excluding hydrogens is 232 g/mol. The predicted molar refractivity (Wildman–Crippen MR) is 61.9 cm³/mol. The van der Waals surface area contributed by atoms with Gasteiger partial charge in [0.05, 0.1) is 20.3 Å². The second kappa shape index (κ2) is 7.70. The Morgan fingerprint density at radius 2 is 2.38 bits per heavy atom. The van der Waals surface area contributed by atoms with Gasteiger partial charge in [-0.2, -0.15) is 0 Å². The first-order chi connectivity index (χ1) is 7.76. The molecule has 1 aliphatic rings. The molecule has 1 amide bonds. The van der Waals surface area contributed by atoms with Crippen LogP contribution in [0.5, 0.6) is 0 Å². The Morgan fingerprint density at radius 3 is 3.06 bits per heavy atom. The summed E-state index contributed by atoms with van der Waals surface area (Å²) >= 11 is 5.49. The summed E-state index contributed by atoms with van der Waals surface area (Å²) in [6, 6.07) is 0.195. The third-order valence-corrected chi connectivity index (χ3v) is 2.71. The van der Waals surface area contributed by atoms with Crippen LogP contribution < -0.4 is 5.32 Å². The zero-order valence-corrected chi connectivity index (χ0v) is 10.3. The Hall–Kier alpha value is -0.520. The number of ether oxygens (including phenoxy) is 2. The summed E-state index contributed by atoms with van der Waals surface area (Å²) in [7, 11) is 1.38. The highest BCUT2D eigenvalue weighted by Gasteiger charge is 2.23. The molecule has 1 aliphatic heterocycles. The molecule has 0 aliphatic carbocycles. The number of methoxy groups -OCH3 is 1. The van der Waals surface area contributed by atoms with Crippen molar-refractivity contribution in [1.29, 1.82) is 0 Å². The second-order valence-corrected chi connectivity index (χ2v) is 4.10. The van der Waals surface area contributed by atoms with Gasteiger partial charge in [0, 0.05) is 31.6 Å². The topological polar surface area (TPSA) is 50.8 Å². The van der Waals surface area contributed by atoms with Crippen LogP contribution >= 0.6 is 11.6 Å². The van der Waals surface area contributed by atoms with Gasteiger partial charge >= 0.3 is 6.09 Å². The van der Waals surface area contributed by atoms with Crippen LogP contribution in [0.15, 0.2) is 0 Å². The first-order valence-electron chi connectivity index (χ1n) is 5.46. The van der Waals surface area contributed by atoms with E-state index in [2.05, 4.69) is 15.0 Å². The third-order valence-electron chi connectivity index (χ3n) is 2.55. The molecule has 6 heteroatoms. The van der Waals surface area contributed by atoms with Gasteiger partial charge in [-0.25, -0.2) is 4.79 Å². The van der Waals surface area contributed by atoms with Crippen molar-refractivity contribution in [3.63, 3.8) is 0 Å².